The molecule has 0 aromatic heterocycles. The van der Waals surface area contributed by atoms with Crippen molar-refractivity contribution in [2.45, 2.75) is 58.8 Å². The number of nitrogens with one attached hydrogen (secondary N) is 1. The predicted octanol–water partition coefficient (Wildman–Crippen LogP) is 2.45. The first-order chi connectivity index (χ1) is 8.09. The lowest BCUT2D eigenvalue weighted by molar-refractivity contribution is -0.121. The van der Waals surface area contributed by atoms with E-state index in [0.29, 0.717) is 17.8 Å². The van der Waals surface area contributed by atoms with Gasteiger partial charge in [0.25, 0.3) is 0 Å². The molecule has 1 saturated carbocycles. The molecule has 0 spiro atoms. The van der Waals surface area contributed by atoms with Gasteiger partial charge in [0.15, 0.2) is 0 Å². The summed E-state index contributed by atoms with van der Waals surface area (Å²) in [5.41, 5.74) is 6.14. The van der Waals surface area contributed by atoms with Crippen molar-refractivity contribution >= 4 is 5.91 Å². The molecule has 0 bridgehead atoms. The van der Waals surface area contributed by atoms with Crippen LogP contribution in [-0.4, -0.2) is 19.0 Å². The minimum Gasteiger partial charge on any atom is -0.356 e. The molecule has 0 unspecified atom stereocenters. The van der Waals surface area contributed by atoms with Crippen LogP contribution in [0.15, 0.2) is 0 Å². The molecule has 100 valence electrons. The Kier molecular flexibility index (Phi) is 5.96. The number of rotatable bonds is 6. The fourth-order valence-corrected chi connectivity index (χ4v) is 2.47. The van der Waals surface area contributed by atoms with E-state index in [0.717, 1.165) is 25.9 Å². The van der Waals surface area contributed by atoms with E-state index in [4.69, 9.17) is 5.73 Å². The summed E-state index contributed by atoms with van der Waals surface area (Å²) in [6.45, 7) is 6.05. The number of hydrogen-bond acceptors (Lipinski definition) is 2. The van der Waals surface area contributed by atoms with Gasteiger partial charge in [0, 0.05) is 13.0 Å². The van der Waals surface area contributed by atoms with Gasteiger partial charge >= 0.3 is 0 Å². The Labute approximate surface area is 106 Å². The van der Waals surface area contributed by atoms with Gasteiger partial charge in [0.2, 0.25) is 5.91 Å². The molecule has 1 fully saturated rings. The summed E-state index contributed by atoms with van der Waals surface area (Å²) in [5.74, 6) is 0.888. The molecule has 0 saturated heterocycles. The minimum atomic E-state index is 0.221. The molecule has 3 nitrogen and oxygen atoms in total. The van der Waals surface area contributed by atoms with Gasteiger partial charge in [-0.25, -0.2) is 0 Å². The second kappa shape index (κ2) is 7.00. The predicted molar refractivity (Wildman–Crippen MR) is 71.7 cm³/mol. The standard InChI is InChI=1S/C14H28N2O/c1-3-4-5-13(17)16-10-12-6-8-14(2,11-15)9-7-12/h12H,3-11,15H2,1-2H3,(H,16,17). The Morgan fingerprint density at radius 2 is 2.06 bits per heavy atom. The first kappa shape index (κ1) is 14.5. The van der Waals surface area contributed by atoms with E-state index < -0.39 is 0 Å². The molecule has 3 heteroatoms. The molecule has 0 aromatic rings. The first-order valence-corrected chi connectivity index (χ1v) is 7.06. The molecular weight excluding hydrogens is 212 g/mol. The van der Waals surface area contributed by atoms with Crippen molar-refractivity contribution in [3.63, 3.8) is 0 Å². The van der Waals surface area contributed by atoms with Gasteiger partial charge in [-0.15, -0.1) is 0 Å². The van der Waals surface area contributed by atoms with Crippen LogP contribution in [0.1, 0.15) is 58.8 Å². The lowest BCUT2D eigenvalue weighted by Gasteiger charge is -2.36. The first-order valence-electron chi connectivity index (χ1n) is 7.06. The smallest absolute Gasteiger partial charge is 0.220 e. The van der Waals surface area contributed by atoms with Crippen LogP contribution in [0.5, 0.6) is 0 Å². The number of carbonyl (C=O) groups is 1. The van der Waals surface area contributed by atoms with E-state index in [-0.39, 0.29) is 5.91 Å². The second-order valence-corrected chi connectivity index (χ2v) is 5.87. The average Bonchev–Trinajstić information content (AvgIpc) is 2.36. The molecule has 0 aromatic carbocycles. The Bertz CT molecular complexity index is 232. The summed E-state index contributed by atoms with van der Waals surface area (Å²) in [7, 11) is 0. The van der Waals surface area contributed by atoms with Gasteiger partial charge < -0.3 is 11.1 Å². The molecule has 0 radical (unpaired) electrons. The molecule has 0 heterocycles. The number of hydrogen-bond donors (Lipinski definition) is 2. The van der Waals surface area contributed by atoms with Gasteiger partial charge in [-0.05, 0) is 50.0 Å². The number of carbonyl (C=O) groups excluding carboxylic acids is 1. The summed E-state index contributed by atoms with van der Waals surface area (Å²) in [4.78, 5) is 11.5. The van der Waals surface area contributed by atoms with Crippen molar-refractivity contribution in [3.8, 4) is 0 Å². The van der Waals surface area contributed by atoms with Crippen LogP contribution in [0.4, 0.5) is 0 Å². The molecule has 0 atom stereocenters. The maximum atomic E-state index is 11.5. The molecule has 17 heavy (non-hydrogen) atoms. The summed E-state index contributed by atoms with van der Waals surface area (Å²) in [6, 6.07) is 0. The Morgan fingerprint density at radius 3 is 2.59 bits per heavy atom. The highest BCUT2D eigenvalue weighted by molar-refractivity contribution is 5.75. The van der Waals surface area contributed by atoms with Crippen LogP contribution < -0.4 is 11.1 Å². The highest BCUT2D eigenvalue weighted by atomic mass is 16.1. The third kappa shape index (κ3) is 5.07. The SMILES string of the molecule is CCCCC(=O)NCC1CCC(C)(CN)CC1. The lowest BCUT2D eigenvalue weighted by atomic mass is 9.72. The van der Waals surface area contributed by atoms with Crippen molar-refractivity contribution in [3.05, 3.63) is 0 Å². The molecule has 3 N–H and O–H groups in total. The zero-order valence-corrected chi connectivity index (χ0v) is 11.4. The monoisotopic (exact) mass is 240 g/mol. The van der Waals surface area contributed by atoms with Crippen molar-refractivity contribution in [2.75, 3.05) is 13.1 Å². The number of amides is 1. The van der Waals surface area contributed by atoms with E-state index >= 15 is 0 Å². The zero-order valence-electron chi connectivity index (χ0n) is 11.4. The fraction of sp³-hybridized carbons (Fsp3) is 0.929. The maximum absolute atomic E-state index is 11.5. The average molecular weight is 240 g/mol. The Hall–Kier alpha value is -0.570. The number of nitrogens with two attached hydrogens (primary N) is 1. The van der Waals surface area contributed by atoms with Gasteiger partial charge in [-0.2, -0.15) is 0 Å². The van der Waals surface area contributed by atoms with E-state index in [1.54, 1.807) is 0 Å². The maximum Gasteiger partial charge on any atom is 0.220 e. The van der Waals surface area contributed by atoms with Gasteiger partial charge in [0.05, 0.1) is 0 Å². The third-order valence-corrected chi connectivity index (χ3v) is 4.15. The topological polar surface area (TPSA) is 55.1 Å². The van der Waals surface area contributed by atoms with Crippen LogP contribution in [0.25, 0.3) is 0 Å². The normalized spacial score (nSPS) is 29.0. The quantitative estimate of drug-likeness (QED) is 0.749. The van der Waals surface area contributed by atoms with Crippen LogP contribution in [0, 0.1) is 11.3 Å². The van der Waals surface area contributed by atoms with Crippen LogP contribution in [0.3, 0.4) is 0 Å². The highest BCUT2D eigenvalue weighted by Gasteiger charge is 2.29. The number of unbranched alkanes of at least 4 members (excludes halogenated alkanes) is 1. The second-order valence-electron chi connectivity index (χ2n) is 5.87. The summed E-state index contributed by atoms with van der Waals surface area (Å²) >= 11 is 0. The highest BCUT2D eigenvalue weighted by Crippen LogP contribution is 2.37. The summed E-state index contributed by atoms with van der Waals surface area (Å²) in [6.07, 6.45) is 7.61. The van der Waals surface area contributed by atoms with E-state index in [2.05, 4.69) is 19.2 Å². The van der Waals surface area contributed by atoms with Gasteiger partial charge in [-0.3, -0.25) is 4.79 Å². The van der Waals surface area contributed by atoms with E-state index in [1.165, 1.54) is 25.7 Å². The lowest BCUT2D eigenvalue weighted by Crippen LogP contribution is -2.36. The van der Waals surface area contributed by atoms with Gasteiger partial charge in [-0.1, -0.05) is 20.3 Å². The van der Waals surface area contributed by atoms with Crippen molar-refractivity contribution < 1.29 is 4.79 Å². The molecule has 1 aliphatic rings. The van der Waals surface area contributed by atoms with E-state index in [9.17, 15) is 4.79 Å². The zero-order chi connectivity index (χ0) is 12.7. The van der Waals surface area contributed by atoms with Crippen LogP contribution >= 0.6 is 0 Å². The van der Waals surface area contributed by atoms with E-state index in [1.807, 2.05) is 0 Å². The molecule has 1 aliphatic carbocycles. The van der Waals surface area contributed by atoms with Crippen molar-refractivity contribution in [1.82, 2.24) is 5.32 Å². The molecule has 0 aliphatic heterocycles. The molecule has 1 amide bonds. The largest absolute Gasteiger partial charge is 0.356 e. The third-order valence-electron chi connectivity index (χ3n) is 4.15. The van der Waals surface area contributed by atoms with Gasteiger partial charge in [0.1, 0.15) is 0 Å². The van der Waals surface area contributed by atoms with Crippen LogP contribution in [-0.2, 0) is 4.79 Å². The Morgan fingerprint density at radius 1 is 1.41 bits per heavy atom. The Balaban J connectivity index is 2.16. The fourth-order valence-electron chi connectivity index (χ4n) is 2.47. The summed E-state index contributed by atoms with van der Waals surface area (Å²) < 4.78 is 0. The van der Waals surface area contributed by atoms with Crippen molar-refractivity contribution in [2.24, 2.45) is 17.1 Å². The van der Waals surface area contributed by atoms with Crippen LogP contribution in [0.2, 0.25) is 0 Å². The summed E-state index contributed by atoms with van der Waals surface area (Å²) in [5, 5.41) is 3.06. The minimum absolute atomic E-state index is 0.221. The molecule has 1 rings (SSSR count). The van der Waals surface area contributed by atoms with Crippen molar-refractivity contribution in [1.29, 1.82) is 0 Å². The molecular formula is C14H28N2O.